The Morgan fingerprint density at radius 1 is 1.62 bits per heavy atom. The van der Waals surface area contributed by atoms with Crippen molar-refractivity contribution < 1.29 is 20.1 Å². The van der Waals surface area contributed by atoms with E-state index in [1.807, 2.05) is 0 Å². The van der Waals surface area contributed by atoms with Crippen molar-refractivity contribution in [1.29, 1.82) is 0 Å². The van der Waals surface area contributed by atoms with Crippen LogP contribution in [0.15, 0.2) is 12.2 Å². The van der Waals surface area contributed by atoms with Crippen LogP contribution in [-0.4, -0.2) is 45.8 Å². The van der Waals surface area contributed by atoms with Crippen LogP contribution >= 0.6 is 0 Å². The van der Waals surface area contributed by atoms with E-state index in [1.165, 1.54) is 12.2 Å². The van der Waals surface area contributed by atoms with Crippen molar-refractivity contribution in [3.63, 3.8) is 0 Å². The monoisotopic (exact) mass is 188 g/mol. The number of hydrogen-bond acceptors (Lipinski definition) is 4. The fourth-order valence-electron chi connectivity index (χ4n) is 1.30. The molecular weight excluding hydrogens is 172 g/mol. The predicted molar refractivity (Wildman–Crippen MR) is 47.2 cm³/mol. The predicted octanol–water partition coefficient (Wildman–Crippen LogP) is -0.566. The van der Waals surface area contributed by atoms with Gasteiger partial charge in [-0.1, -0.05) is 6.08 Å². The van der Waals surface area contributed by atoms with Gasteiger partial charge in [0.1, 0.15) is 11.7 Å². The van der Waals surface area contributed by atoms with Crippen molar-refractivity contribution >= 4 is 0 Å². The van der Waals surface area contributed by atoms with E-state index in [0.29, 0.717) is 0 Å². The molecule has 0 amide bonds. The van der Waals surface area contributed by atoms with Crippen molar-refractivity contribution in [3.8, 4) is 0 Å². The molecule has 4 atom stereocenters. The van der Waals surface area contributed by atoms with Crippen LogP contribution in [0.3, 0.4) is 0 Å². The second-order valence-corrected chi connectivity index (χ2v) is 3.55. The van der Waals surface area contributed by atoms with Gasteiger partial charge >= 0.3 is 0 Å². The quantitative estimate of drug-likeness (QED) is 0.508. The third-order valence-electron chi connectivity index (χ3n) is 2.20. The number of aliphatic hydroxyl groups excluding tert-OH is 2. The highest BCUT2D eigenvalue weighted by molar-refractivity contribution is 5.11. The molecule has 0 aliphatic carbocycles. The molecule has 0 bridgehead atoms. The maximum absolute atomic E-state index is 9.81. The van der Waals surface area contributed by atoms with Crippen LogP contribution in [0.25, 0.3) is 0 Å². The number of aliphatic hydroxyl groups is 3. The molecular formula is C9H16O4. The summed E-state index contributed by atoms with van der Waals surface area (Å²) in [5, 5.41) is 28.3. The molecule has 13 heavy (non-hydrogen) atoms. The largest absolute Gasteiger partial charge is 0.389 e. The summed E-state index contributed by atoms with van der Waals surface area (Å²) in [5.74, 6) is 0. The molecule has 1 heterocycles. The van der Waals surface area contributed by atoms with Crippen LogP contribution in [0, 0.1) is 0 Å². The van der Waals surface area contributed by atoms with Crippen molar-refractivity contribution in [2.45, 2.75) is 37.8 Å². The lowest BCUT2D eigenvalue weighted by molar-refractivity contribution is -0.0132. The van der Waals surface area contributed by atoms with E-state index in [4.69, 9.17) is 9.84 Å². The fraction of sp³-hybridized carbons (Fsp3) is 0.778. The lowest BCUT2D eigenvalue weighted by atomic mass is 9.96. The zero-order chi connectivity index (χ0) is 10.1. The summed E-state index contributed by atoms with van der Waals surface area (Å²) in [6, 6.07) is 0. The third-order valence-corrected chi connectivity index (χ3v) is 2.20. The molecule has 1 aliphatic heterocycles. The smallest absolute Gasteiger partial charge is 0.134 e. The molecule has 0 saturated carbocycles. The van der Waals surface area contributed by atoms with E-state index in [1.54, 1.807) is 13.8 Å². The Morgan fingerprint density at radius 2 is 2.23 bits per heavy atom. The SMILES string of the molecule is C[C@H](O)/C=C/[C@@]1(O)CO[C@H](C)[C@H]1O. The molecule has 1 aliphatic rings. The highest BCUT2D eigenvalue weighted by Gasteiger charge is 2.43. The van der Waals surface area contributed by atoms with Crippen molar-refractivity contribution in [3.05, 3.63) is 12.2 Å². The number of rotatable bonds is 2. The van der Waals surface area contributed by atoms with Gasteiger partial charge in [0, 0.05) is 0 Å². The molecule has 3 N–H and O–H groups in total. The topological polar surface area (TPSA) is 69.9 Å². The van der Waals surface area contributed by atoms with Crippen LogP contribution < -0.4 is 0 Å². The minimum absolute atomic E-state index is 0.0680. The average Bonchev–Trinajstić information content (AvgIpc) is 2.31. The van der Waals surface area contributed by atoms with Crippen LogP contribution in [0.1, 0.15) is 13.8 Å². The normalized spacial score (nSPS) is 42.8. The summed E-state index contributed by atoms with van der Waals surface area (Å²) in [6.45, 7) is 3.34. The lowest BCUT2D eigenvalue weighted by Gasteiger charge is -2.21. The van der Waals surface area contributed by atoms with Crippen molar-refractivity contribution in [2.75, 3.05) is 6.61 Å². The summed E-state index contributed by atoms with van der Waals surface area (Å²) in [4.78, 5) is 0. The molecule has 4 nitrogen and oxygen atoms in total. The van der Waals surface area contributed by atoms with Gasteiger partial charge in [0.15, 0.2) is 0 Å². The van der Waals surface area contributed by atoms with Crippen molar-refractivity contribution in [2.24, 2.45) is 0 Å². The fourth-order valence-corrected chi connectivity index (χ4v) is 1.30. The van der Waals surface area contributed by atoms with E-state index >= 15 is 0 Å². The van der Waals surface area contributed by atoms with Gasteiger partial charge in [-0.05, 0) is 19.9 Å². The third kappa shape index (κ3) is 2.28. The molecule has 1 fully saturated rings. The number of ether oxygens (including phenoxy) is 1. The van der Waals surface area contributed by atoms with Crippen molar-refractivity contribution in [1.82, 2.24) is 0 Å². The van der Waals surface area contributed by atoms with Gasteiger partial charge in [0.2, 0.25) is 0 Å². The molecule has 0 radical (unpaired) electrons. The Labute approximate surface area is 77.5 Å². The first-order chi connectivity index (χ1) is 5.96. The minimum atomic E-state index is -1.35. The van der Waals surface area contributed by atoms with Gasteiger partial charge in [-0.3, -0.25) is 0 Å². The van der Waals surface area contributed by atoms with E-state index < -0.39 is 17.8 Å². The highest BCUT2D eigenvalue weighted by Crippen LogP contribution is 2.25. The standard InChI is InChI=1S/C9H16O4/c1-6(10)3-4-9(12)5-13-7(2)8(9)11/h3-4,6-8,10-12H,5H2,1-2H3/b4-3+/t6-,7+,8+,9+/m0/s1. The van der Waals surface area contributed by atoms with Crippen LogP contribution in [0.4, 0.5) is 0 Å². The lowest BCUT2D eigenvalue weighted by Crippen LogP contribution is -2.41. The summed E-state index contributed by atoms with van der Waals surface area (Å²) in [6.07, 6.45) is 0.898. The zero-order valence-corrected chi connectivity index (χ0v) is 7.84. The van der Waals surface area contributed by atoms with Crippen LogP contribution in [0.2, 0.25) is 0 Å². The molecule has 1 rings (SSSR count). The molecule has 0 aromatic rings. The summed E-state index contributed by atoms with van der Waals surface area (Å²) < 4.78 is 5.08. The zero-order valence-electron chi connectivity index (χ0n) is 7.84. The molecule has 1 saturated heterocycles. The average molecular weight is 188 g/mol. The molecule has 0 aromatic carbocycles. The Bertz CT molecular complexity index is 202. The maximum Gasteiger partial charge on any atom is 0.134 e. The van der Waals surface area contributed by atoms with E-state index in [9.17, 15) is 10.2 Å². The van der Waals surface area contributed by atoms with Crippen LogP contribution in [-0.2, 0) is 4.74 Å². The summed E-state index contributed by atoms with van der Waals surface area (Å²) >= 11 is 0. The Hall–Kier alpha value is -0.420. The second-order valence-electron chi connectivity index (χ2n) is 3.55. The van der Waals surface area contributed by atoms with Gasteiger partial charge < -0.3 is 20.1 Å². The minimum Gasteiger partial charge on any atom is -0.389 e. The second kappa shape index (κ2) is 3.75. The van der Waals surface area contributed by atoms with E-state index in [-0.39, 0.29) is 12.7 Å². The molecule has 0 aromatic heterocycles. The highest BCUT2D eigenvalue weighted by atomic mass is 16.5. The first-order valence-corrected chi connectivity index (χ1v) is 4.35. The summed E-state index contributed by atoms with van der Waals surface area (Å²) in [5.41, 5.74) is -1.35. The van der Waals surface area contributed by atoms with Gasteiger partial charge in [0.25, 0.3) is 0 Å². The first kappa shape index (κ1) is 10.7. The molecule has 76 valence electrons. The Morgan fingerprint density at radius 3 is 2.62 bits per heavy atom. The van der Waals surface area contributed by atoms with Crippen LogP contribution in [0.5, 0.6) is 0 Å². The van der Waals surface area contributed by atoms with Gasteiger partial charge in [-0.15, -0.1) is 0 Å². The number of hydrogen-bond donors (Lipinski definition) is 3. The van der Waals surface area contributed by atoms with Gasteiger partial charge in [-0.2, -0.15) is 0 Å². The van der Waals surface area contributed by atoms with Gasteiger partial charge in [0.05, 0.1) is 18.8 Å². The first-order valence-electron chi connectivity index (χ1n) is 4.35. The molecule has 0 spiro atoms. The molecule has 0 unspecified atom stereocenters. The van der Waals surface area contributed by atoms with E-state index in [0.717, 1.165) is 0 Å². The molecule has 4 heteroatoms. The Balaban J connectivity index is 2.66. The Kier molecular flexibility index (Phi) is 3.08. The summed E-state index contributed by atoms with van der Waals surface area (Å²) in [7, 11) is 0. The van der Waals surface area contributed by atoms with Gasteiger partial charge in [-0.25, -0.2) is 0 Å². The van der Waals surface area contributed by atoms with E-state index in [2.05, 4.69) is 0 Å². The maximum atomic E-state index is 9.81.